The minimum absolute atomic E-state index is 0.985. The summed E-state index contributed by atoms with van der Waals surface area (Å²) in [5.41, 5.74) is 5.15. The van der Waals surface area contributed by atoms with Crippen LogP contribution < -0.4 is 0 Å². The second kappa shape index (κ2) is 3.66. The highest BCUT2D eigenvalue weighted by atomic mass is 79.9. The maximum Gasteiger partial charge on any atom is 0.0741 e. The van der Waals surface area contributed by atoms with Crippen LogP contribution in [0.25, 0.3) is 22.0 Å². The van der Waals surface area contributed by atoms with Crippen LogP contribution >= 0.6 is 15.9 Å². The summed E-state index contributed by atoms with van der Waals surface area (Å²) in [4.78, 5) is 4.56. The van der Waals surface area contributed by atoms with E-state index >= 15 is 0 Å². The van der Waals surface area contributed by atoms with Gasteiger partial charge in [0.05, 0.1) is 5.69 Å². The van der Waals surface area contributed by atoms with Gasteiger partial charge in [0, 0.05) is 22.7 Å². The quantitative estimate of drug-likeness (QED) is 0.463. The van der Waals surface area contributed by atoms with Crippen molar-refractivity contribution < 1.29 is 0 Å². The third kappa shape index (κ3) is 1.36. The summed E-state index contributed by atoms with van der Waals surface area (Å²) < 4.78 is 1.05. The van der Waals surface area contributed by atoms with Crippen LogP contribution in [0, 0.1) is 0 Å². The van der Waals surface area contributed by atoms with E-state index in [1.54, 1.807) is 0 Å². The third-order valence-corrected chi connectivity index (χ3v) is 4.03. The second-order valence-electron chi connectivity index (χ2n) is 4.65. The molecule has 0 amide bonds. The highest BCUT2D eigenvalue weighted by molar-refractivity contribution is 9.10. The summed E-state index contributed by atoms with van der Waals surface area (Å²) in [7, 11) is 0. The van der Waals surface area contributed by atoms with Crippen LogP contribution in [0.15, 0.2) is 53.1 Å². The van der Waals surface area contributed by atoms with Crippen LogP contribution in [-0.4, -0.2) is 4.98 Å². The normalized spacial score (nSPS) is 12.5. The molecule has 0 N–H and O–H groups in total. The van der Waals surface area contributed by atoms with E-state index in [-0.39, 0.29) is 0 Å². The number of pyridine rings is 1. The predicted octanol–water partition coefficient (Wildman–Crippen LogP) is 4.57. The van der Waals surface area contributed by atoms with Gasteiger partial charge in [0.15, 0.2) is 0 Å². The minimum Gasteiger partial charge on any atom is -0.255 e. The Morgan fingerprint density at radius 3 is 2.89 bits per heavy atom. The molecule has 0 fully saturated rings. The van der Waals surface area contributed by atoms with E-state index in [4.69, 9.17) is 0 Å². The molecule has 0 aliphatic heterocycles. The van der Waals surface area contributed by atoms with Gasteiger partial charge in [-0.15, -0.1) is 0 Å². The summed E-state index contributed by atoms with van der Waals surface area (Å²) in [5, 5.41) is 2.66. The van der Waals surface area contributed by atoms with Crippen molar-refractivity contribution in [1.82, 2.24) is 4.98 Å². The molecule has 1 aliphatic rings. The molecule has 4 rings (SSSR count). The van der Waals surface area contributed by atoms with Crippen molar-refractivity contribution in [2.75, 3.05) is 0 Å². The van der Waals surface area contributed by atoms with Crippen LogP contribution in [0.4, 0.5) is 0 Å². The fraction of sp³-hybridized carbons (Fsp3) is 0.0625. The number of hydrogen-bond acceptors (Lipinski definition) is 1. The molecule has 18 heavy (non-hydrogen) atoms. The van der Waals surface area contributed by atoms with Gasteiger partial charge in [-0.3, -0.25) is 4.98 Å². The monoisotopic (exact) mass is 295 g/mol. The SMILES string of the molecule is Brc1cnc2c(c1)Cc1c-2ccc2ccccc12. The van der Waals surface area contributed by atoms with Gasteiger partial charge in [0.2, 0.25) is 0 Å². The van der Waals surface area contributed by atoms with E-state index < -0.39 is 0 Å². The number of fused-ring (bicyclic) bond motifs is 5. The standard InChI is InChI=1S/C16H10BrN/c17-12-7-11-8-15-13-4-2-1-3-10(13)5-6-14(15)16(11)18-9-12/h1-7,9H,8H2. The molecule has 1 heterocycles. The Morgan fingerprint density at radius 2 is 1.94 bits per heavy atom. The smallest absolute Gasteiger partial charge is 0.0741 e. The van der Waals surface area contributed by atoms with E-state index in [0.717, 1.165) is 16.6 Å². The maximum atomic E-state index is 4.56. The number of benzene rings is 2. The predicted molar refractivity (Wildman–Crippen MR) is 77.7 cm³/mol. The summed E-state index contributed by atoms with van der Waals surface area (Å²) in [5.74, 6) is 0. The van der Waals surface area contributed by atoms with Gasteiger partial charge in [0.25, 0.3) is 0 Å². The fourth-order valence-corrected chi connectivity index (χ4v) is 3.18. The van der Waals surface area contributed by atoms with Crippen molar-refractivity contribution >= 4 is 26.7 Å². The van der Waals surface area contributed by atoms with Gasteiger partial charge < -0.3 is 0 Å². The van der Waals surface area contributed by atoms with Crippen LogP contribution in [0.3, 0.4) is 0 Å². The van der Waals surface area contributed by atoms with Crippen LogP contribution in [0.1, 0.15) is 11.1 Å². The Labute approximate surface area is 114 Å². The maximum absolute atomic E-state index is 4.56. The molecule has 0 unspecified atom stereocenters. The Morgan fingerprint density at radius 1 is 1.06 bits per heavy atom. The van der Waals surface area contributed by atoms with Gasteiger partial charge >= 0.3 is 0 Å². The Balaban J connectivity index is 2.06. The Kier molecular flexibility index (Phi) is 2.09. The van der Waals surface area contributed by atoms with Gasteiger partial charge in [-0.25, -0.2) is 0 Å². The van der Waals surface area contributed by atoms with Crippen LogP contribution in [-0.2, 0) is 6.42 Å². The first-order chi connectivity index (χ1) is 8.83. The zero-order valence-electron chi connectivity index (χ0n) is 9.65. The topological polar surface area (TPSA) is 12.9 Å². The van der Waals surface area contributed by atoms with E-state index in [0.29, 0.717) is 0 Å². The van der Waals surface area contributed by atoms with Gasteiger partial charge in [-0.2, -0.15) is 0 Å². The first kappa shape index (κ1) is 10.3. The molecule has 2 aromatic carbocycles. The number of hydrogen-bond donors (Lipinski definition) is 0. The van der Waals surface area contributed by atoms with Gasteiger partial charge in [0.1, 0.15) is 0 Å². The number of nitrogens with zero attached hydrogens (tertiary/aromatic N) is 1. The number of rotatable bonds is 0. The summed E-state index contributed by atoms with van der Waals surface area (Å²) in [6.45, 7) is 0. The molecule has 0 saturated heterocycles. The van der Waals surface area contributed by atoms with E-state index in [1.165, 1.54) is 27.5 Å². The average molecular weight is 296 g/mol. The summed E-state index contributed by atoms with van der Waals surface area (Å²) in [6, 6.07) is 15.1. The van der Waals surface area contributed by atoms with Crippen molar-refractivity contribution in [1.29, 1.82) is 0 Å². The van der Waals surface area contributed by atoms with E-state index in [2.05, 4.69) is 63.4 Å². The zero-order valence-corrected chi connectivity index (χ0v) is 11.2. The van der Waals surface area contributed by atoms with Crippen molar-refractivity contribution in [3.05, 3.63) is 64.3 Å². The molecule has 0 atom stereocenters. The van der Waals surface area contributed by atoms with E-state index in [1.807, 2.05) is 6.20 Å². The highest BCUT2D eigenvalue weighted by Gasteiger charge is 2.21. The van der Waals surface area contributed by atoms with Crippen molar-refractivity contribution in [2.45, 2.75) is 6.42 Å². The number of halogens is 1. The highest BCUT2D eigenvalue weighted by Crippen LogP contribution is 2.39. The first-order valence-corrected chi connectivity index (χ1v) is 6.77. The molecule has 0 saturated carbocycles. The van der Waals surface area contributed by atoms with Crippen molar-refractivity contribution in [3.8, 4) is 11.3 Å². The Hall–Kier alpha value is -1.67. The van der Waals surface area contributed by atoms with Crippen molar-refractivity contribution in [3.63, 3.8) is 0 Å². The lowest BCUT2D eigenvalue weighted by Crippen LogP contribution is -1.83. The van der Waals surface area contributed by atoms with Crippen LogP contribution in [0.5, 0.6) is 0 Å². The van der Waals surface area contributed by atoms with Gasteiger partial charge in [-0.05, 0) is 43.9 Å². The average Bonchev–Trinajstić information content (AvgIpc) is 2.76. The largest absolute Gasteiger partial charge is 0.255 e. The lowest BCUT2D eigenvalue weighted by Gasteiger charge is -2.04. The number of aromatic nitrogens is 1. The second-order valence-corrected chi connectivity index (χ2v) is 5.57. The molecule has 1 nitrogen and oxygen atoms in total. The lowest BCUT2D eigenvalue weighted by molar-refractivity contribution is 1.23. The lowest BCUT2D eigenvalue weighted by atomic mass is 10.0. The molecule has 1 aliphatic carbocycles. The van der Waals surface area contributed by atoms with E-state index in [9.17, 15) is 0 Å². The Bertz CT molecular complexity index is 777. The molecule has 86 valence electrons. The minimum atomic E-state index is 0.985. The molecule has 2 heteroatoms. The summed E-state index contributed by atoms with van der Waals surface area (Å²) >= 11 is 3.50. The molecule has 3 aromatic rings. The molecular formula is C16H10BrN. The molecule has 0 bridgehead atoms. The van der Waals surface area contributed by atoms with Crippen LogP contribution in [0.2, 0.25) is 0 Å². The van der Waals surface area contributed by atoms with Gasteiger partial charge in [-0.1, -0.05) is 36.4 Å². The molecule has 1 aromatic heterocycles. The molecule has 0 spiro atoms. The summed E-state index contributed by atoms with van der Waals surface area (Å²) in [6.07, 6.45) is 2.86. The first-order valence-electron chi connectivity index (χ1n) is 5.98. The zero-order chi connectivity index (χ0) is 12.1. The third-order valence-electron chi connectivity index (χ3n) is 3.60. The molecular weight excluding hydrogens is 286 g/mol. The molecule has 0 radical (unpaired) electrons. The van der Waals surface area contributed by atoms with Crippen molar-refractivity contribution in [2.24, 2.45) is 0 Å². The fourth-order valence-electron chi connectivity index (χ4n) is 2.80.